The maximum absolute atomic E-state index is 12.2. The Hall–Kier alpha value is -0.330. The van der Waals surface area contributed by atoms with Crippen LogP contribution in [0.15, 0.2) is 0 Å². The molecule has 17 heavy (non-hydrogen) atoms. The Morgan fingerprint density at radius 3 is 2.06 bits per heavy atom. The number of fused-ring (bicyclic) bond motifs is 1. The van der Waals surface area contributed by atoms with Crippen LogP contribution in [0.5, 0.6) is 0 Å². The van der Waals surface area contributed by atoms with Crippen LogP contribution in [0.25, 0.3) is 0 Å². The van der Waals surface area contributed by atoms with Gasteiger partial charge in [-0.3, -0.25) is 4.90 Å². The van der Waals surface area contributed by atoms with Crippen LogP contribution >= 0.6 is 0 Å². The summed E-state index contributed by atoms with van der Waals surface area (Å²) in [5.41, 5.74) is -0.422. The maximum Gasteiger partial charge on any atom is 0.390 e. The molecule has 0 aromatic carbocycles. The highest BCUT2D eigenvalue weighted by Crippen LogP contribution is 2.62. The highest BCUT2D eigenvalue weighted by molar-refractivity contribution is 5.16. The second kappa shape index (κ2) is 4.10. The number of aliphatic hydroxyl groups excluding tert-OH is 2. The van der Waals surface area contributed by atoms with Gasteiger partial charge in [-0.25, -0.2) is 0 Å². The molecule has 3 unspecified atom stereocenters. The summed E-state index contributed by atoms with van der Waals surface area (Å²) in [7, 11) is 0. The minimum Gasteiger partial charge on any atom is -0.396 e. The standard InChI is InChI=1S/C11H18F3NO2/c1-7(2-11(12,13)14)15-3-8-9(4-15)10(8,5-16)6-17/h7-9,16-17H,2-6H2,1H3. The number of hydrogen-bond donors (Lipinski definition) is 2. The highest BCUT2D eigenvalue weighted by atomic mass is 19.4. The zero-order valence-corrected chi connectivity index (χ0v) is 9.74. The zero-order valence-electron chi connectivity index (χ0n) is 9.74. The Bertz CT molecular complexity index is 277. The molecule has 1 aliphatic carbocycles. The van der Waals surface area contributed by atoms with E-state index in [1.807, 2.05) is 4.90 Å². The van der Waals surface area contributed by atoms with Crippen molar-refractivity contribution in [3.05, 3.63) is 0 Å². The molecule has 0 aromatic rings. The van der Waals surface area contributed by atoms with Crippen molar-refractivity contribution < 1.29 is 23.4 Å². The van der Waals surface area contributed by atoms with E-state index in [1.54, 1.807) is 6.92 Å². The highest BCUT2D eigenvalue weighted by Gasteiger charge is 2.67. The predicted octanol–water partition coefficient (Wildman–Crippen LogP) is 0.860. The van der Waals surface area contributed by atoms with Crippen molar-refractivity contribution in [1.29, 1.82) is 0 Å². The number of piperidine rings is 1. The lowest BCUT2D eigenvalue weighted by atomic mass is 10.0. The number of likely N-dealkylation sites (tertiary alicyclic amines) is 1. The van der Waals surface area contributed by atoms with Crippen molar-refractivity contribution in [3.8, 4) is 0 Å². The van der Waals surface area contributed by atoms with Crippen molar-refractivity contribution in [1.82, 2.24) is 4.90 Å². The van der Waals surface area contributed by atoms with Crippen LogP contribution in [0.2, 0.25) is 0 Å². The van der Waals surface area contributed by atoms with Gasteiger partial charge in [0.2, 0.25) is 0 Å². The molecule has 0 spiro atoms. The van der Waals surface area contributed by atoms with E-state index in [9.17, 15) is 23.4 Å². The molecule has 2 aliphatic rings. The molecule has 3 atom stereocenters. The van der Waals surface area contributed by atoms with Crippen molar-refractivity contribution in [3.63, 3.8) is 0 Å². The molecule has 6 heteroatoms. The number of alkyl halides is 3. The number of aliphatic hydroxyl groups is 2. The van der Waals surface area contributed by atoms with Gasteiger partial charge in [-0.15, -0.1) is 0 Å². The topological polar surface area (TPSA) is 43.7 Å². The Morgan fingerprint density at radius 2 is 1.71 bits per heavy atom. The maximum atomic E-state index is 12.2. The van der Waals surface area contributed by atoms with E-state index in [4.69, 9.17) is 0 Å². The lowest BCUT2D eigenvalue weighted by Crippen LogP contribution is -2.39. The van der Waals surface area contributed by atoms with E-state index in [0.717, 1.165) is 0 Å². The summed E-state index contributed by atoms with van der Waals surface area (Å²) >= 11 is 0. The predicted molar refractivity (Wildman–Crippen MR) is 55.3 cm³/mol. The van der Waals surface area contributed by atoms with Gasteiger partial charge < -0.3 is 10.2 Å². The van der Waals surface area contributed by atoms with Gasteiger partial charge >= 0.3 is 6.18 Å². The van der Waals surface area contributed by atoms with E-state index in [1.165, 1.54) is 0 Å². The molecule has 3 nitrogen and oxygen atoms in total. The first kappa shape index (κ1) is 13.1. The zero-order chi connectivity index (χ0) is 12.8. The molecular weight excluding hydrogens is 235 g/mol. The van der Waals surface area contributed by atoms with Crippen molar-refractivity contribution in [2.45, 2.75) is 25.6 Å². The monoisotopic (exact) mass is 253 g/mol. The quantitative estimate of drug-likeness (QED) is 0.781. The Kier molecular flexibility index (Phi) is 3.16. The molecule has 1 saturated carbocycles. The molecule has 2 rings (SSSR count). The largest absolute Gasteiger partial charge is 0.396 e. The summed E-state index contributed by atoms with van der Waals surface area (Å²) in [4.78, 5) is 1.81. The van der Waals surface area contributed by atoms with Crippen LogP contribution in [0.4, 0.5) is 13.2 Å². The van der Waals surface area contributed by atoms with Crippen molar-refractivity contribution in [2.24, 2.45) is 17.3 Å². The molecule has 0 amide bonds. The average Bonchev–Trinajstić information content (AvgIpc) is 2.60. The molecule has 1 heterocycles. The van der Waals surface area contributed by atoms with Crippen molar-refractivity contribution in [2.75, 3.05) is 26.3 Å². The molecule has 2 fully saturated rings. The minimum absolute atomic E-state index is 0.0691. The van der Waals surface area contributed by atoms with Crippen molar-refractivity contribution >= 4 is 0 Å². The van der Waals surface area contributed by atoms with Crippen LogP contribution in [0.3, 0.4) is 0 Å². The SMILES string of the molecule is CC(CC(F)(F)F)N1CC2C(C1)C2(CO)CO. The Morgan fingerprint density at radius 1 is 1.24 bits per heavy atom. The van der Waals surface area contributed by atoms with Gasteiger partial charge in [0.05, 0.1) is 19.6 Å². The molecule has 0 aromatic heterocycles. The van der Waals surface area contributed by atoms with E-state index >= 15 is 0 Å². The molecule has 100 valence electrons. The lowest BCUT2D eigenvalue weighted by Gasteiger charge is -2.29. The number of halogens is 3. The van der Waals surface area contributed by atoms with Gasteiger partial charge in [0.25, 0.3) is 0 Å². The van der Waals surface area contributed by atoms with E-state index in [0.29, 0.717) is 13.1 Å². The van der Waals surface area contributed by atoms with Gasteiger partial charge in [0.1, 0.15) is 0 Å². The smallest absolute Gasteiger partial charge is 0.390 e. The fourth-order valence-electron chi connectivity index (χ4n) is 3.21. The second-order valence-corrected chi connectivity index (χ2v) is 5.38. The first-order valence-corrected chi connectivity index (χ1v) is 5.86. The fourth-order valence-corrected chi connectivity index (χ4v) is 3.21. The molecule has 2 N–H and O–H groups in total. The summed E-state index contributed by atoms with van der Waals surface area (Å²) in [6.07, 6.45) is -4.92. The van der Waals surface area contributed by atoms with E-state index in [-0.39, 0.29) is 25.0 Å². The van der Waals surface area contributed by atoms with Crippen LogP contribution < -0.4 is 0 Å². The Balaban J connectivity index is 1.87. The third-order valence-electron chi connectivity index (χ3n) is 4.45. The average molecular weight is 253 g/mol. The van der Waals surface area contributed by atoms with E-state index < -0.39 is 24.1 Å². The van der Waals surface area contributed by atoms with Crippen LogP contribution in [-0.2, 0) is 0 Å². The lowest BCUT2D eigenvalue weighted by molar-refractivity contribution is -0.146. The van der Waals surface area contributed by atoms with E-state index in [2.05, 4.69) is 0 Å². The molecule has 0 radical (unpaired) electrons. The summed E-state index contributed by atoms with van der Waals surface area (Å²) in [5.74, 6) is 0.321. The van der Waals surface area contributed by atoms with Gasteiger partial charge in [0.15, 0.2) is 0 Å². The molecule has 0 bridgehead atoms. The third kappa shape index (κ3) is 2.18. The van der Waals surface area contributed by atoms with Gasteiger partial charge in [-0.05, 0) is 18.8 Å². The molecule has 1 aliphatic heterocycles. The molecular formula is C11H18F3NO2. The Labute approximate surface area is 98.2 Å². The normalized spacial score (nSPS) is 33.5. The number of hydrogen-bond acceptors (Lipinski definition) is 3. The number of nitrogens with zero attached hydrogens (tertiary/aromatic N) is 1. The van der Waals surface area contributed by atoms with Crippen LogP contribution in [-0.4, -0.2) is 53.6 Å². The summed E-state index contributed by atoms with van der Waals surface area (Å²) in [5, 5.41) is 18.4. The van der Waals surface area contributed by atoms with Gasteiger partial charge in [-0.2, -0.15) is 13.2 Å². The van der Waals surface area contributed by atoms with Gasteiger partial charge in [0, 0.05) is 24.5 Å². The summed E-state index contributed by atoms with van der Waals surface area (Å²) < 4.78 is 36.7. The third-order valence-corrected chi connectivity index (χ3v) is 4.45. The summed E-state index contributed by atoms with van der Waals surface area (Å²) in [6, 6.07) is -0.516. The first-order chi connectivity index (χ1) is 7.84. The minimum atomic E-state index is -4.13. The first-order valence-electron chi connectivity index (χ1n) is 5.86. The van der Waals surface area contributed by atoms with Crippen LogP contribution in [0, 0.1) is 17.3 Å². The molecule has 1 saturated heterocycles. The number of rotatable bonds is 4. The van der Waals surface area contributed by atoms with Crippen LogP contribution in [0.1, 0.15) is 13.3 Å². The van der Waals surface area contributed by atoms with Gasteiger partial charge in [-0.1, -0.05) is 0 Å². The second-order valence-electron chi connectivity index (χ2n) is 5.38. The summed E-state index contributed by atoms with van der Waals surface area (Å²) in [6.45, 7) is 2.56. The fraction of sp³-hybridized carbons (Fsp3) is 1.00.